The molecular weight excluding hydrogens is 235 g/mol. The Morgan fingerprint density at radius 1 is 1.33 bits per heavy atom. The lowest BCUT2D eigenvalue weighted by Gasteiger charge is -2.10. The fourth-order valence-electron chi connectivity index (χ4n) is 1.42. The highest BCUT2D eigenvalue weighted by molar-refractivity contribution is 6.34. The Balaban J connectivity index is 2.83. The van der Waals surface area contributed by atoms with Crippen LogP contribution in [0.1, 0.15) is 18.9 Å². The fraction of sp³-hybridized carbons (Fsp3) is 0.364. The zero-order valence-corrected chi connectivity index (χ0v) is 9.85. The molecule has 0 unspecified atom stereocenters. The van der Waals surface area contributed by atoms with E-state index < -0.39 is 5.97 Å². The van der Waals surface area contributed by atoms with Crippen molar-refractivity contribution in [1.29, 1.82) is 0 Å². The van der Waals surface area contributed by atoms with Crippen LogP contribution >= 0.6 is 23.2 Å². The summed E-state index contributed by atoms with van der Waals surface area (Å²) < 4.78 is 0. The average molecular weight is 247 g/mol. The standard InChI is InChI=1S/C11H12Cl2O2/c1-2-8(11(14)15)3-7-4-9(12)6-10(13)5-7/h4-6,8H,2-3H2,1H3,(H,14,15)/t8-/m0/s1. The van der Waals surface area contributed by atoms with Crippen LogP contribution in [0.5, 0.6) is 0 Å². The minimum atomic E-state index is -0.784. The molecule has 0 spiro atoms. The lowest BCUT2D eigenvalue weighted by atomic mass is 9.97. The van der Waals surface area contributed by atoms with E-state index in [2.05, 4.69) is 0 Å². The van der Waals surface area contributed by atoms with Crippen molar-refractivity contribution in [2.75, 3.05) is 0 Å². The lowest BCUT2D eigenvalue weighted by Crippen LogP contribution is -2.15. The molecule has 0 aliphatic rings. The number of halogens is 2. The van der Waals surface area contributed by atoms with Crippen molar-refractivity contribution in [1.82, 2.24) is 0 Å². The number of carbonyl (C=O) groups is 1. The van der Waals surface area contributed by atoms with E-state index in [4.69, 9.17) is 28.3 Å². The first kappa shape index (κ1) is 12.3. The Morgan fingerprint density at radius 2 is 1.87 bits per heavy atom. The Kier molecular flexibility index (Phi) is 4.43. The van der Waals surface area contributed by atoms with Gasteiger partial charge in [-0.15, -0.1) is 0 Å². The fourth-order valence-corrected chi connectivity index (χ4v) is 1.99. The van der Waals surface area contributed by atoms with Crippen LogP contribution in [-0.2, 0) is 11.2 Å². The number of carboxylic acid groups (broad SMARTS) is 1. The van der Waals surface area contributed by atoms with Crippen LogP contribution in [0, 0.1) is 5.92 Å². The topological polar surface area (TPSA) is 37.3 Å². The second-order valence-corrected chi connectivity index (χ2v) is 4.30. The summed E-state index contributed by atoms with van der Waals surface area (Å²) in [7, 11) is 0. The maximum Gasteiger partial charge on any atom is 0.306 e. The van der Waals surface area contributed by atoms with Crippen molar-refractivity contribution in [3.05, 3.63) is 33.8 Å². The molecule has 0 saturated carbocycles. The number of carboxylic acids is 1. The highest BCUT2D eigenvalue weighted by Gasteiger charge is 2.15. The SMILES string of the molecule is CC[C@@H](Cc1cc(Cl)cc(Cl)c1)C(=O)O. The Morgan fingerprint density at radius 3 is 2.27 bits per heavy atom. The number of hydrogen-bond acceptors (Lipinski definition) is 1. The lowest BCUT2D eigenvalue weighted by molar-refractivity contribution is -0.141. The van der Waals surface area contributed by atoms with E-state index in [1.807, 2.05) is 6.92 Å². The molecule has 0 bridgehead atoms. The van der Waals surface area contributed by atoms with E-state index in [-0.39, 0.29) is 5.92 Å². The number of aliphatic carboxylic acids is 1. The first-order valence-electron chi connectivity index (χ1n) is 4.70. The van der Waals surface area contributed by atoms with Gasteiger partial charge in [-0.25, -0.2) is 0 Å². The molecule has 0 heterocycles. The highest BCUT2D eigenvalue weighted by atomic mass is 35.5. The van der Waals surface area contributed by atoms with Gasteiger partial charge in [0.2, 0.25) is 0 Å². The minimum absolute atomic E-state index is 0.375. The van der Waals surface area contributed by atoms with E-state index in [0.717, 1.165) is 5.56 Å². The van der Waals surface area contributed by atoms with Crippen LogP contribution in [0.2, 0.25) is 10.0 Å². The summed E-state index contributed by atoms with van der Waals surface area (Å²) in [4.78, 5) is 10.8. The van der Waals surface area contributed by atoms with Crippen LogP contribution in [0.25, 0.3) is 0 Å². The average Bonchev–Trinajstić information content (AvgIpc) is 2.12. The van der Waals surface area contributed by atoms with E-state index in [0.29, 0.717) is 22.9 Å². The molecule has 0 aromatic heterocycles. The van der Waals surface area contributed by atoms with Crippen molar-refractivity contribution >= 4 is 29.2 Å². The van der Waals surface area contributed by atoms with Crippen LogP contribution in [0.3, 0.4) is 0 Å². The molecule has 0 fully saturated rings. The van der Waals surface area contributed by atoms with E-state index in [9.17, 15) is 4.79 Å². The molecule has 0 amide bonds. The summed E-state index contributed by atoms with van der Waals surface area (Å²) in [5, 5.41) is 9.99. The second kappa shape index (κ2) is 5.38. The molecule has 1 rings (SSSR count). The van der Waals surface area contributed by atoms with E-state index >= 15 is 0 Å². The summed E-state index contributed by atoms with van der Waals surface area (Å²) in [5.41, 5.74) is 0.863. The summed E-state index contributed by atoms with van der Waals surface area (Å²) in [6, 6.07) is 5.13. The van der Waals surface area contributed by atoms with Crippen LogP contribution in [-0.4, -0.2) is 11.1 Å². The van der Waals surface area contributed by atoms with Gasteiger partial charge in [0.15, 0.2) is 0 Å². The zero-order valence-electron chi connectivity index (χ0n) is 8.34. The first-order chi connectivity index (χ1) is 7.02. The molecule has 1 aromatic carbocycles. The normalized spacial score (nSPS) is 12.5. The first-order valence-corrected chi connectivity index (χ1v) is 5.46. The summed E-state index contributed by atoms with van der Waals surface area (Å²) in [6.07, 6.45) is 1.06. The van der Waals surface area contributed by atoms with Gasteiger partial charge >= 0.3 is 5.97 Å². The van der Waals surface area contributed by atoms with Crippen molar-refractivity contribution in [2.45, 2.75) is 19.8 Å². The van der Waals surface area contributed by atoms with Crippen molar-refractivity contribution in [2.24, 2.45) is 5.92 Å². The molecule has 0 aliphatic carbocycles. The van der Waals surface area contributed by atoms with Crippen LogP contribution in [0.4, 0.5) is 0 Å². The van der Waals surface area contributed by atoms with Gasteiger partial charge in [-0.2, -0.15) is 0 Å². The zero-order chi connectivity index (χ0) is 11.4. The molecule has 1 N–H and O–H groups in total. The summed E-state index contributed by atoms with van der Waals surface area (Å²) in [6.45, 7) is 1.85. The molecule has 0 saturated heterocycles. The van der Waals surface area contributed by atoms with Crippen LogP contribution < -0.4 is 0 Å². The van der Waals surface area contributed by atoms with Crippen molar-refractivity contribution in [3.8, 4) is 0 Å². The summed E-state index contributed by atoms with van der Waals surface area (Å²) in [5.74, 6) is -1.16. The monoisotopic (exact) mass is 246 g/mol. The Hall–Kier alpha value is -0.730. The van der Waals surface area contributed by atoms with Gasteiger partial charge in [0.05, 0.1) is 5.92 Å². The molecule has 0 radical (unpaired) electrons. The Bertz CT molecular complexity index is 343. The van der Waals surface area contributed by atoms with Gasteiger partial charge in [0.1, 0.15) is 0 Å². The number of hydrogen-bond donors (Lipinski definition) is 1. The maximum absolute atomic E-state index is 10.8. The smallest absolute Gasteiger partial charge is 0.306 e. The Labute approximate surface area is 98.8 Å². The van der Waals surface area contributed by atoms with Gasteiger partial charge in [0.25, 0.3) is 0 Å². The third-order valence-corrected chi connectivity index (χ3v) is 2.68. The molecule has 82 valence electrons. The number of rotatable bonds is 4. The summed E-state index contributed by atoms with van der Waals surface area (Å²) >= 11 is 11.6. The third-order valence-electron chi connectivity index (χ3n) is 2.25. The van der Waals surface area contributed by atoms with E-state index in [1.165, 1.54) is 0 Å². The van der Waals surface area contributed by atoms with Gasteiger partial charge in [-0.1, -0.05) is 30.1 Å². The van der Waals surface area contributed by atoms with Gasteiger partial charge < -0.3 is 5.11 Å². The largest absolute Gasteiger partial charge is 0.481 e. The third kappa shape index (κ3) is 3.73. The minimum Gasteiger partial charge on any atom is -0.481 e. The molecule has 1 aromatic rings. The molecule has 0 aliphatic heterocycles. The van der Waals surface area contributed by atoms with E-state index in [1.54, 1.807) is 18.2 Å². The highest BCUT2D eigenvalue weighted by Crippen LogP contribution is 2.22. The van der Waals surface area contributed by atoms with Crippen molar-refractivity contribution < 1.29 is 9.90 Å². The van der Waals surface area contributed by atoms with Gasteiger partial charge in [0, 0.05) is 10.0 Å². The maximum atomic E-state index is 10.8. The quantitative estimate of drug-likeness (QED) is 0.881. The predicted octanol–water partition coefficient (Wildman–Crippen LogP) is 3.65. The molecular formula is C11H12Cl2O2. The molecule has 4 heteroatoms. The molecule has 1 atom stereocenters. The van der Waals surface area contributed by atoms with Crippen molar-refractivity contribution in [3.63, 3.8) is 0 Å². The second-order valence-electron chi connectivity index (χ2n) is 3.43. The van der Waals surface area contributed by atoms with Gasteiger partial charge in [-0.05, 0) is 36.6 Å². The predicted molar refractivity (Wildman–Crippen MR) is 61.6 cm³/mol. The molecule has 15 heavy (non-hydrogen) atoms. The van der Waals surface area contributed by atoms with Gasteiger partial charge in [-0.3, -0.25) is 4.79 Å². The number of benzene rings is 1. The van der Waals surface area contributed by atoms with Crippen LogP contribution in [0.15, 0.2) is 18.2 Å². The molecule has 2 nitrogen and oxygen atoms in total.